The number of alkyl carbamates (subject to hydrolysis) is 1. The van der Waals surface area contributed by atoms with Gasteiger partial charge in [-0.1, -0.05) is 0 Å². The van der Waals surface area contributed by atoms with Crippen molar-refractivity contribution >= 4 is 6.09 Å². The van der Waals surface area contributed by atoms with E-state index in [2.05, 4.69) is 5.32 Å². The van der Waals surface area contributed by atoms with E-state index in [1.165, 1.54) is 0 Å². The molecule has 0 spiro atoms. The zero-order valence-corrected chi connectivity index (χ0v) is 10.3. The van der Waals surface area contributed by atoms with Crippen molar-refractivity contribution in [2.45, 2.75) is 64.2 Å². The lowest BCUT2D eigenvalue weighted by atomic mass is 9.93. The third-order valence-corrected chi connectivity index (χ3v) is 2.59. The average Bonchev–Trinajstić information content (AvgIpc) is 2.16. The van der Waals surface area contributed by atoms with Crippen molar-refractivity contribution in [1.29, 1.82) is 0 Å². The van der Waals surface area contributed by atoms with Crippen molar-refractivity contribution in [1.82, 2.24) is 5.32 Å². The summed E-state index contributed by atoms with van der Waals surface area (Å²) in [5.41, 5.74) is -0.443. The fourth-order valence-electron chi connectivity index (χ4n) is 1.82. The third kappa shape index (κ3) is 4.81. The molecule has 0 bridgehead atoms. The predicted octanol–water partition coefficient (Wildman–Crippen LogP) is 1.71. The van der Waals surface area contributed by atoms with E-state index in [9.17, 15) is 4.79 Å². The van der Waals surface area contributed by atoms with E-state index in [4.69, 9.17) is 15.5 Å². The summed E-state index contributed by atoms with van der Waals surface area (Å²) in [7, 11) is 0. The molecule has 0 heterocycles. The van der Waals surface area contributed by atoms with Crippen LogP contribution in [0, 0.1) is 0 Å². The highest BCUT2D eigenvalue weighted by atomic mass is 16.6. The minimum absolute atomic E-state index is 0.136. The van der Waals surface area contributed by atoms with Crippen molar-refractivity contribution in [2.24, 2.45) is 5.90 Å². The number of hydrogen-bond acceptors (Lipinski definition) is 4. The van der Waals surface area contributed by atoms with Gasteiger partial charge in [0.05, 0.1) is 6.10 Å². The van der Waals surface area contributed by atoms with Gasteiger partial charge in [-0.3, -0.25) is 0 Å². The molecule has 16 heavy (non-hydrogen) atoms. The van der Waals surface area contributed by atoms with Gasteiger partial charge >= 0.3 is 6.09 Å². The highest BCUT2D eigenvalue weighted by Gasteiger charge is 2.24. The van der Waals surface area contributed by atoms with Gasteiger partial charge in [0.15, 0.2) is 0 Å². The molecule has 1 amide bonds. The molecule has 1 aliphatic rings. The molecule has 1 saturated carbocycles. The lowest BCUT2D eigenvalue weighted by molar-refractivity contribution is 0.0174. The average molecular weight is 230 g/mol. The van der Waals surface area contributed by atoms with Gasteiger partial charge in [-0.25, -0.2) is 10.7 Å². The van der Waals surface area contributed by atoms with Gasteiger partial charge in [-0.05, 0) is 46.5 Å². The molecule has 0 aromatic carbocycles. The Bertz CT molecular complexity index is 230. The first-order valence-corrected chi connectivity index (χ1v) is 5.76. The summed E-state index contributed by atoms with van der Waals surface area (Å²) < 4.78 is 5.19. The van der Waals surface area contributed by atoms with E-state index in [-0.39, 0.29) is 18.2 Å². The van der Waals surface area contributed by atoms with E-state index < -0.39 is 5.60 Å². The van der Waals surface area contributed by atoms with Crippen molar-refractivity contribution < 1.29 is 14.4 Å². The van der Waals surface area contributed by atoms with Crippen molar-refractivity contribution in [3.8, 4) is 0 Å². The van der Waals surface area contributed by atoms with Crippen LogP contribution < -0.4 is 11.2 Å². The Hall–Kier alpha value is -0.810. The van der Waals surface area contributed by atoms with Crippen LogP contribution in [0.15, 0.2) is 0 Å². The molecule has 5 nitrogen and oxygen atoms in total. The van der Waals surface area contributed by atoms with E-state index in [0.717, 1.165) is 25.7 Å². The maximum atomic E-state index is 11.5. The molecule has 0 aliphatic heterocycles. The molecule has 0 aromatic rings. The first-order chi connectivity index (χ1) is 7.40. The molecule has 1 fully saturated rings. The molecule has 0 aromatic heterocycles. The standard InChI is InChI=1S/C11H22N2O3/c1-11(2,3)15-10(14)13-8-4-6-9(16-12)7-5-8/h8-9H,4-7,12H2,1-3H3,(H,13,14)/t8-,9-. The van der Waals surface area contributed by atoms with Crippen LogP contribution in [-0.2, 0) is 9.57 Å². The van der Waals surface area contributed by atoms with Gasteiger partial charge in [0.25, 0.3) is 0 Å². The van der Waals surface area contributed by atoms with E-state index in [0.29, 0.717) is 0 Å². The Morgan fingerprint density at radius 1 is 1.25 bits per heavy atom. The first-order valence-electron chi connectivity index (χ1n) is 5.76. The smallest absolute Gasteiger partial charge is 0.407 e. The summed E-state index contributed by atoms with van der Waals surface area (Å²) in [4.78, 5) is 16.3. The van der Waals surface area contributed by atoms with Crippen molar-refractivity contribution in [3.05, 3.63) is 0 Å². The molecule has 0 unspecified atom stereocenters. The maximum absolute atomic E-state index is 11.5. The number of hydrogen-bond donors (Lipinski definition) is 2. The van der Waals surface area contributed by atoms with Crippen molar-refractivity contribution in [3.63, 3.8) is 0 Å². The number of nitrogens with one attached hydrogen (secondary N) is 1. The lowest BCUT2D eigenvalue weighted by Gasteiger charge is -2.28. The van der Waals surface area contributed by atoms with Crippen LogP contribution in [-0.4, -0.2) is 23.8 Å². The Kier molecular flexibility index (Phi) is 4.56. The van der Waals surface area contributed by atoms with Gasteiger partial charge < -0.3 is 14.9 Å². The Balaban J connectivity index is 2.26. The Morgan fingerprint density at radius 3 is 2.25 bits per heavy atom. The number of ether oxygens (including phenoxy) is 1. The topological polar surface area (TPSA) is 73.6 Å². The van der Waals surface area contributed by atoms with Crippen LogP contribution in [0.4, 0.5) is 4.79 Å². The summed E-state index contributed by atoms with van der Waals surface area (Å²) in [6.45, 7) is 5.56. The zero-order chi connectivity index (χ0) is 12.2. The third-order valence-electron chi connectivity index (χ3n) is 2.59. The fourth-order valence-corrected chi connectivity index (χ4v) is 1.82. The van der Waals surface area contributed by atoms with E-state index in [1.807, 2.05) is 20.8 Å². The number of nitrogens with two attached hydrogens (primary N) is 1. The van der Waals surface area contributed by atoms with Crippen LogP contribution in [0.25, 0.3) is 0 Å². The molecular formula is C11H22N2O3. The maximum Gasteiger partial charge on any atom is 0.407 e. The molecule has 0 atom stereocenters. The quantitative estimate of drug-likeness (QED) is 0.708. The number of amides is 1. The lowest BCUT2D eigenvalue weighted by Crippen LogP contribution is -2.42. The molecule has 1 rings (SSSR count). The molecule has 5 heteroatoms. The molecule has 3 N–H and O–H groups in total. The van der Waals surface area contributed by atoms with Crippen LogP contribution in [0.2, 0.25) is 0 Å². The van der Waals surface area contributed by atoms with Gasteiger partial charge in [0.2, 0.25) is 0 Å². The van der Waals surface area contributed by atoms with Crippen LogP contribution in [0.5, 0.6) is 0 Å². The van der Waals surface area contributed by atoms with Gasteiger partial charge in [-0.15, -0.1) is 0 Å². The van der Waals surface area contributed by atoms with Gasteiger partial charge in [0, 0.05) is 6.04 Å². The second kappa shape index (κ2) is 5.50. The highest BCUT2D eigenvalue weighted by molar-refractivity contribution is 5.68. The van der Waals surface area contributed by atoms with Crippen molar-refractivity contribution in [2.75, 3.05) is 0 Å². The van der Waals surface area contributed by atoms with E-state index >= 15 is 0 Å². The normalized spacial score (nSPS) is 26.2. The molecule has 1 aliphatic carbocycles. The molecular weight excluding hydrogens is 208 g/mol. The highest BCUT2D eigenvalue weighted by Crippen LogP contribution is 2.20. The molecule has 0 radical (unpaired) electrons. The minimum Gasteiger partial charge on any atom is -0.444 e. The second-order valence-electron chi connectivity index (χ2n) is 5.26. The Morgan fingerprint density at radius 2 is 1.81 bits per heavy atom. The predicted molar refractivity (Wildman–Crippen MR) is 60.7 cm³/mol. The summed E-state index contributed by atoms with van der Waals surface area (Å²) in [5.74, 6) is 5.12. The Labute approximate surface area is 96.6 Å². The zero-order valence-electron chi connectivity index (χ0n) is 10.3. The number of rotatable bonds is 2. The monoisotopic (exact) mass is 230 g/mol. The molecule has 94 valence electrons. The minimum atomic E-state index is -0.443. The SMILES string of the molecule is CC(C)(C)OC(=O)N[C@H]1CC[C@H](ON)CC1. The largest absolute Gasteiger partial charge is 0.444 e. The number of carbonyl (C=O) groups excluding carboxylic acids is 1. The van der Waals surface area contributed by atoms with Crippen LogP contribution >= 0.6 is 0 Å². The summed E-state index contributed by atoms with van der Waals surface area (Å²) in [5, 5.41) is 2.86. The summed E-state index contributed by atoms with van der Waals surface area (Å²) >= 11 is 0. The van der Waals surface area contributed by atoms with Crippen LogP contribution in [0.1, 0.15) is 46.5 Å². The summed E-state index contributed by atoms with van der Waals surface area (Å²) in [6.07, 6.45) is 3.34. The van der Waals surface area contributed by atoms with Gasteiger partial charge in [-0.2, -0.15) is 0 Å². The first kappa shape index (κ1) is 13.3. The second-order valence-corrected chi connectivity index (χ2v) is 5.26. The number of carbonyl (C=O) groups is 1. The summed E-state index contributed by atoms with van der Waals surface area (Å²) in [6, 6.07) is 0.182. The van der Waals surface area contributed by atoms with Crippen LogP contribution in [0.3, 0.4) is 0 Å². The van der Waals surface area contributed by atoms with Gasteiger partial charge in [0.1, 0.15) is 5.60 Å². The van der Waals surface area contributed by atoms with E-state index in [1.54, 1.807) is 0 Å². The molecule has 0 saturated heterocycles. The fraction of sp³-hybridized carbons (Fsp3) is 0.909.